The summed E-state index contributed by atoms with van der Waals surface area (Å²) >= 11 is 0. The van der Waals surface area contributed by atoms with E-state index in [0.717, 1.165) is 18.4 Å². The highest BCUT2D eigenvalue weighted by molar-refractivity contribution is 5.99. The van der Waals surface area contributed by atoms with E-state index in [-0.39, 0.29) is 24.2 Å². The summed E-state index contributed by atoms with van der Waals surface area (Å²) < 4.78 is 0. The van der Waals surface area contributed by atoms with Gasteiger partial charge in [-0.05, 0) is 56.2 Å². The molecule has 2 fully saturated rings. The third-order valence-corrected chi connectivity index (χ3v) is 4.80. The van der Waals surface area contributed by atoms with Gasteiger partial charge in [-0.1, -0.05) is 6.07 Å². The Morgan fingerprint density at radius 1 is 1.12 bits per heavy atom. The van der Waals surface area contributed by atoms with Gasteiger partial charge in [-0.15, -0.1) is 12.4 Å². The van der Waals surface area contributed by atoms with Gasteiger partial charge in [-0.3, -0.25) is 9.59 Å². The number of aryl methyl sites for hydroxylation is 1. The molecule has 2 amide bonds. The lowest BCUT2D eigenvalue weighted by Crippen LogP contribution is -2.39. The predicted octanol–water partition coefficient (Wildman–Crippen LogP) is 3.23. The second-order valence-electron chi connectivity index (χ2n) is 6.96. The summed E-state index contributed by atoms with van der Waals surface area (Å²) in [6, 6.07) is 6.85. The van der Waals surface area contributed by atoms with Crippen LogP contribution in [-0.4, -0.2) is 23.9 Å². The van der Waals surface area contributed by atoms with Gasteiger partial charge in [0.25, 0.3) is 0 Å². The number of piperidine rings is 1. The molecule has 0 saturated carbocycles. The van der Waals surface area contributed by atoms with Gasteiger partial charge in [0.15, 0.2) is 0 Å². The number of nitrogens with one attached hydrogen (secondary N) is 3. The Morgan fingerprint density at radius 2 is 1.79 bits per heavy atom. The van der Waals surface area contributed by atoms with E-state index in [1.807, 2.05) is 25.1 Å². The second-order valence-corrected chi connectivity index (χ2v) is 6.96. The molecular formula is C18H26ClN3O2. The number of fused-ring (bicyclic) bond motifs is 2. The summed E-state index contributed by atoms with van der Waals surface area (Å²) in [5.74, 6) is 0.357. The number of halogens is 1. The molecule has 2 aliphatic rings. The van der Waals surface area contributed by atoms with Crippen LogP contribution in [0, 0.1) is 12.8 Å². The molecule has 0 radical (unpaired) electrons. The van der Waals surface area contributed by atoms with E-state index in [0.29, 0.717) is 35.8 Å². The molecule has 0 aromatic heterocycles. The Kier molecular flexibility index (Phi) is 6.24. The number of benzene rings is 1. The van der Waals surface area contributed by atoms with Crippen LogP contribution in [0.5, 0.6) is 0 Å². The average molecular weight is 352 g/mol. The van der Waals surface area contributed by atoms with Gasteiger partial charge in [0, 0.05) is 25.4 Å². The molecule has 2 unspecified atom stereocenters. The van der Waals surface area contributed by atoms with Crippen LogP contribution < -0.4 is 16.0 Å². The number of rotatable bonds is 4. The van der Waals surface area contributed by atoms with Gasteiger partial charge < -0.3 is 16.0 Å². The minimum absolute atomic E-state index is 0. The first-order chi connectivity index (χ1) is 11.0. The van der Waals surface area contributed by atoms with Crippen molar-refractivity contribution in [3.8, 4) is 0 Å². The molecule has 0 spiro atoms. The first-order valence-electron chi connectivity index (χ1n) is 8.43. The van der Waals surface area contributed by atoms with Crippen LogP contribution in [0.4, 0.5) is 11.4 Å². The molecule has 2 aliphatic heterocycles. The lowest BCUT2D eigenvalue weighted by atomic mass is 9.89. The summed E-state index contributed by atoms with van der Waals surface area (Å²) in [4.78, 5) is 23.7. The molecule has 132 valence electrons. The zero-order chi connectivity index (χ0) is 16.4. The van der Waals surface area contributed by atoms with Crippen molar-refractivity contribution in [1.29, 1.82) is 0 Å². The van der Waals surface area contributed by atoms with Crippen molar-refractivity contribution in [2.45, 2.75) is 58.0 Å². The SMILES string of the molecule is CC(=O)Nc1ccc(C)cc1NC(=O)CC1CC2CCC(C1)N2.Cl. The van der Waals surface area contributed by atoms with Gasteiger partial charge in [-0.2, -0.15) is 0 Å². The fourth-order valence-electron chi connectivity index (χ4n) is 3.87. The topological polar surface area (TPSA) is 70.2 Å². The molecule has 3 rings (SSSR count). The van der Waals surface area contributed by atoms with Crippen molar-refractivity contribution < 1.29 is 9.59 Å². The number of hydrogen-bond donors (Lipinski definition) is 3. The highest BCUT2D eigenvalue weighted by atomic mass is 35.5. The molecule has 1 aromatic carbocycles. The average Bonchev–Trinajstić information content (AvgIpc) is 2.80. The minimum Gasteiger partial charge on any atom is -0.325 e. The molecule has 3 N–H and O–H groups in total. The zero-order valence-electron chi connectivity index (χ0n) is 14.2. The van der Waals surface area contributed by atoms with Crippen LogP contribution in [0.1, 0.15) is 44.6 Å². The summed E-state index contributed by atoms with van der Waals surface area (Å²) in [6.45, 7) is 3.44. The zero-order valence-corrected chi connectivity index (χ0v) is 15.0. The fourth-order valence-corrected chi connectivity index (χ4v) is 3.87. The smallest absolute Gasteiger partial charge is 0.224 e. The highest BCUT2D eigenvalue weighted by Crippen LogP contribution is 2.33. The number of carbonyl (C=O) groups is 2. The molecule has 1 aromatic rings. The van der Waals surface area contributed by atoms with E-state index in [9.17, 15) is 9.59 Å². The Hall–Kier alpha value is -1.59. The van der Waals surface area contributed by atoms with Crippen molar-refractivity contribution in [2.75, 3.05) is 10.6 Å². The number of hydrogen-bond acceptors (Lipinski definition) is 3. The summed E-state index contributed by atoms with van der Waals surface area (Å²) in [5, 5.41) is 9.35. The molecular weight excluding hydrogens is 326 g/mol. The van der Waals surface area contributed by atoms with E-state index in [4.69, 9.17) is 0 Å². The van der Waals surface area contributed by atoms with Crippen molar-refractivity contribution in [3.63, 3.8) is 0 Å². The fraction of sp³-hybridized carbons (Fsp3) is 0.556. The van der Waals surface area contributed by atoms with Crippen molar-refractivity contribution in [3.05, 3.63) is 23.8 Å². The van der Waals surface area contributed by atoms with E-state index in [1.54, 1.807) is 0 Å². The Bertz CT molecular complexity index is 608. The molecule has 24 heavy (non-hydrogen) atoms. The highest BCUT2D eigenvalue weighted by Gasteiger charge is 2.34. The van der Waals surface area contributed by atoms with Crippen LogP contribution in [0.2, 0.25) is 0 Å². The Balaban J connectivity index is 0.00000208. The van der Waals surface area contributed by atoms with E-state index in [1.165, 1.54) is 19.8 Å². The first kappa shape index (κ1) is 18.7. The van der Waals surface area contributed by atoms with Gasteiger partial charge in [0.2, 0.25) is 11.8 Å². The van der Waals surface area contributed by atoms with Crippen molar-refractivity contribution >= 4 is 35.6 Å². The van der Waals surface area contributed by atoms with Crippen LogP contribution >= 0.6 is 12.4 Å². The van der Waals surface area contributed by atoms with Crippen molar-refractivity contribution in [2.24, 2.45) is 5.92 Å². The molecule has 2 heterocycles. The molecule has 0 aliphatic carbocycles. The van der Waals surface area contributed by atoms with Gasteiger partial charge >= 0.3 is 0 Å². The van der Waals surface area contributed by atoms with E-state index >= 15 is 0 Å². The van der Waals surface area contributed by atoms with E-state index < -0.39 is 0 Å². The summed E-state index contributed by atoms with van der Waals surface area (Å²) in [7, 11) is 0. The Morgan fingerprint density at radius 3 is 2.42 bits per heavy atom. The molecule has 2 atom stereocenters. The number of anilines is 2. The Labute approximate surface area is 149 Å². The van der Waals surface area contributed by atoms with Crippen molar-refractivity contribution in [1.82, 2.24) is 5.32 Å². The third-order valence-electron chi connectivity index (χ3n) is 4.80. The molecule has 2 saturated heterocycles. The van der Waals surface area contributed by atoms with Crippen LogP contribution in [0.25, 0.3) is 0 Å². The number of carbonyl (C=O) groups excluding carboxylic acids is 2. The maximum absolute atomic E-state index is 12.4. The predicted molar refractivity (Wildman–Crippen MR) is 98.6 cm³/mol. The molecule has 2 bridgehead atoms. The maximum Gasteiger partial charge on any atom is 0.224 e. The minimum atomic E-state index is -0.140. The van der Waals surface area contributed by atoms with Gasteiger partial charge in [-0.25, -0.2) is 0 Å². The van der Waals surface area contributed by atoms with Gasteiger partial charge in [0.1, 0.15) is 0 Å². The standard InChI is InChI=1S/C18H25N3O2.ClH/c1-11-3-6-16(19-12(2)22)17(7-11)21-18(23)10-13-8-14-4-5-15(9-13)20-14;/h3,6-7,13-15,20H,4-5,8-10H2,1-2H3,(H,19,22)(H,21,23);1H. The maximum atomic E-state index is 12.4. The lowest BCUT2D eigenvalue weighted by Gasteiger charge is -2.28. The largest absolute Gasteiger partial charge is 0.325 e. The van der Waals surface area contributed by atoms with E-state index in [2.05, 4.69) is 16.0 Å². The lowest BCUT2D eigenvalue weighted by molar-refractivity contribution is -0.117. The van der Waals surface area contributed by atoms with Crippen LogP contribution in [0.15, 0.2) is 18.2 Å². The molecule has 6 heteroatoms. The van der Waals surface area contributed by atoms with Gasteiger partial charge in [0.05, 0.1) is 11.4 Å². The van der Waals surface area contributed by atoms with Crippen LogP contribution in [-0.2, 0) is 9.59 Å². The molecule has 5 nitrogen and oxygen atoms in total. The summed E-state index contributed by atoms with van der Waals surface area (Å²) in [6.07, 6.45) is 5.23. The quantitative estimate of drug-likeness (QED) is 0.780. The summed E-state index contributed by atoms with van der Waals surface area (Å²) in [5.41, 5.74) is 2.39. The monoisotopic (exact) mass is 351 g/mol. The second kappa shape index (κ2) is 7.99. The third kappa shape index (κ3) is 4.71. The first-order valence-corrected chi connectivity index (χ1v) is 8.43. The van der Waals surface area contributed by atoms with Crippen LogP contribution in [0.3, 0.4) is 0 Å². The normalized spacial score (nSPS) is 24.8. The number of amides is 2.